The first-order valence-corrected chi connectivity index (χ1v) is 4.66. The highest BCUT2D eigenvalue weighted by Gasteiger charge is 1.88. The summed E-state index contributed by atoms with van der Waals surface area (Å²) in [5.41, 5.74) is 1.50. The highest BCUT2D eigenvalue weighted by Crippen LogP contribution is 2.08. The number of rotatable bonds is 5. The van der Waals surface area contributed by atoms with E-state index in [1.165, 1.54) is 31.3 Å². The van der Waals surface area contributed by atoms with Crippen LogP contribution in [0.15, 0.2) is 23.8 Å². The van der Waals surface area contributed by atoms with Crippen LogP contribution in [0.1, 0.15) is 46.5 Å². The van der Waals surface area contributed by atoms with E-state index in [9.17, 15) is 0 Å². The van der Waals surface area contributed by atoms with Crippen molar-refractivity contribution in [3.05, 3.63) is 23.8 Å². The number of allylic oxidation sites excluding steroid dienone is 4. The van der Waals surface area contributed by atoms with Crippen LogP contribution in [-0.4, -0.2) is 0 Å². The van der Waals surface area contributed by atoms with Crippen LogP contribution in [0.2, 0.25) is 0 Å². The second-order valence-electron chi connectivity index (χ2n) is 2.82. The zero-order valence-corrected chi connectivity index (χ0v) is 8.06. The Morgan fingerprint density at radius 3 is 2.36 bits per heavy atom. The van der Waals surface area contributed by atoms with E-state index in [1.54, 1.807) is 0 Å². The second kappa shape index (κ2) is 7.59. The lowest BCUT2D eigenvalue weighted by Gasteiger charge is -1.97. The van der Waals surface area contributed by atoms with Gasteiger partial charge >= 0.3 is 0 Å². The molecule has 11 heavy (non-hydrogen) atoms. The Kier molecular flexibility index (Phi) is 7.23. The van der Waals surface area contributed by atoms with Gasteiger partial charge < -0.3 is 0 Å². The van der Waals surface area contributed by atoms with Gasteiger partial charge in [-0.05, 0) is 19.8 Å². The summed E-state index contributed by atoms with van der Waals surface area (Å²) in [7, 11) is 0. The molecule has 0 fully saturated rings. The standard InChI is InChI=1S/C11H20/c1-4-7-10-11(8-5-2)9-6-3/h5,8,10H,4,6-7,9H2,1-3H3. The van der Waals surface area contributed by atoms with Gasteiger partial charge in [-0.1, -0.05) is 50.5 Å². The van der Waals surface area contributed by atoms with Crippen molar-refractivity contribution in [2.24, 2.45) is 0 Å². The van der Waals surface area contributed by atoms with Crippen LogP contribution in [0.5, 0.6) is 0 Å². The van der Waals surface area contributed by atoms with Crippen LogP contribution >= 0.6 is 0 Å². The van der Waals surface area contributed by atoms with Crippen LogP contribution in [-0.2, 0) is 0 Å². The molecule has 0 atom stereocenters. The monoisotopic (exact) mass is 152 g/mol. The maximum Gasteiger partial charge on any atom is -0.0285 e. The number of hydrogen-bond donors (Lipinski definition) is 0. The molecule has 0 N–H and O–H groups in total. The summed E-state index contributed by atoms with van der Waals surface area (Å²) in [6.07, 6.45) is 11.6. The minimum Gasteiger partial charge on any atom is -0.0874 e. The average Bonchev–Trinajstić information content (AvgIpc) is 2.01. The van der Waals surface area contributed by atoms with E-state index in [-0.39, 0.29) is 0 Å². The molecule has 64 valence electrons. The van der Waals surface area contributed by atoms with Crippen molar-refractivity contribution in [1.29, 1.82) is 0 Å². The molecule has 0 radical (unpaired) electrons. The van der Waals surface area contributed by atoms with Crippen molar-refractivity contribution in [2.75, 3.05) is 0 Å². The van der Waals surface area contributed by atoms with E-state index < -0.39 is 0 Å². The van der Waals surface area contributed by atoms with Gasteiger partial charge in [0.2, 0.25) is 0 Å². The predicted octanol–water partition coefficient (Wildman–Crippen LogP) is 4.09. The molecule has 0 aliphatic heterocycles. The van der Waals surface area contributed by atoms with Crippen molar-refractivity contribution in [3.63, 3.8) is 0 Å². The van der Waals surface area contributed by atoms with Crippen molar-refractivity contribution < 1.29 is 0 Å². The van der Waals surface area contributed by atoms with Crippen molar-refractivity contribution in [3.8, 4) is 0 Å². The molecule has 0 unspecified atom stereocenters. The highest BCUT2D eigenvalue weighted by atomic mass is 13.9. The van der Waals surface area contributed by atoms with Crippen molar-refractivity contribution in [1.82, 2.24) is 0 Å². The third-order valence-electron chi connectivity index (χ3n) is 1.61. The fourth-order valence-corrected chi connectivity index (χ4v) is 1.09. The lowest BCUT2D eigenvalue weighted by atomic mass is 10.1. The lowest BCUT2D eigenvalue weighted by molar-refractivity contribution is 0.894. The van der Waals surface area contributed by atoms with Gasteiger partial charge in [0.25, 0.3) is 0 Å². The molecular weight excluding hydrogens is 132 g/mol. The zero-order chi connectivity index (χ0) is 8.53. The highest BCUT2D eigenvalue weighted by molar-refractivity contribution is 5.17. The molecule has 0 aromatic rings. The van der Waals surface area contributed by atoms with Crippen LogP contribution in [0.25, 0.3) is 0 Å². The molecule has 0 heteroatoms. The fraction of sp³-hybridized carbons (Fsp3) is 0.636. The van der Waals surface area contributed by atoms with Gasteiger partial charge in [-0.3, -0.25) is 0 Å². The van der Waals surface area contributed by atoms with Crippen LogP contribution in [0.4, 0.5) is 0 Å². The summed E-state index contributed by atoms with van der Waals surface area (Å²) in [6, 6.07) is 0. The molecule has 0 saturated carbocycles. The molecule has 0 nitrogen and oxygen atoms in total. The van der Waals surface area contributed by atoms with Gasteiger partial charge in [0, 0.05) is 0 Å². The Balaban J connectivity index is 3.86. The summed E-state index contributed by atoms with van der Waals surface area (Å²) in [6.45, 7) is 6.52. The Hall–Kier alpha value is -0.520. The molecule has 0 spiro atoms. The Morgan fingerprint density at radius 2 is 1.91 bits per heavy atom. The Bertz CT molecular complexity index is 129. The van der Waals surface area contributed by atoms with Gasteiger partial charge in [-0.15, -0.1) is 0 Å². The quantitative estimate of drug-likeness (QED) is 0.520. The summed E-state index contributed by atoms with van der Waals surface area (Å²) in [5.74, 6) is 0. The third kappa shape index (κ3) is 5.90. The molecule has 0 aliphatic carbocycles. The normalized spacial score (nSPS) is 12.8. The molecule has 0 saturated heterocycles. The van der Waals surface area contributed by atoms with E-state index in [0.717, 1.165) is 0 Å². The molecule has 0 rings (SSSR count). The zero-order valence-electron chi connectivity index (χ0n) is 8.06. The topological polar surface area (TPSA) is 0 Å². The molecule has 0 aromatic carbocycles. The molecule has 0 heterocycles. The molecule has 0 aromatic heterocycles. The lowest BCUT2D eigenvalue weighted by Crippen LogP contribution is -1.77. The summed E-state index contributed by atoms with van der Waals surface area (Å²) >= 11 is 0. The van der Waals surface area contributed by atoms with Gasteiger partial charge in [-0.25, -0.2) is 0 Å². The molecule has 0 amide bonds. The van der Waals surface area contributed by atoms with E-state index in [1.807, 2.05) is 0 Å². The number of unbranched alkanes of at least 4 members (excludes halogenated alkanes) is 1. The maximum atomic E-state index is 2.35. The summed E-state index contributed by atoms with van der Waals surface area (Å²) in [4.78, 5) is 0. The average molecular weight is 152 g/mol. The van der Waals surface area contributed by atoms with E-state index in [0.29, 0.717) is 0 Å². The first-order valence-electron chi connectivity index (χ1n) is 4.66. The van der Waals surface area contributed by atoms with E-state index >= 15 is 0 Å². The van der Waals surface area contributed by atoms with Crippen LogP contribution in [0, 0.1) is 0 Å². The first kappa shape index (κ1) is 10.5. The minimum absolute atomic E-state index is 1.22. The number of hydrogen-bond acceptors (Lipinski definition) is 0. The summed E-state index contributed by atoms with van der Waals surface area (Å²) in [5, 5.41) is 0. The first-order chi connectivity index (χ1) is 5.35. The SMILES string of the molecule is CC=CC(=CCCC)CCC. The molecular formula is C11H20. The van der Waals surface area contributed by atoms with Crippen LogP contribution < -0.4 is 0 Å². The maximum absolute atomic E-state index is 2.35. The predicted molar refractivity (Wildman–Crippen MR) is 52.7 cm³/mol. The third-order valence-corrected chi connectivity index (χ3v) is 1.61. The van der Waals surface area contributed by atoms with E-state index in [2.05, 4.69) is 39.0 Å². The second-order valence-corrected chi connectivity index (χ2v) is 2.82. The Labute approximate surface area is 71.0 Å². The fourth-order valence-electron chi connectivity index (χ4n) is 1.09. The molecule has 0 aliphatic rings. The van der Waals surface area contributed by atoms with E-state index in [4.69, 9.17) is 0 Å². The summed E-state index contributed by atoms with van der Waals surface area (Å²) < 4.78 is 0. The van der Waals surface area contributed by atoms with Gasteiger partial charge in [-0.2, -0.15) is 0 Å². The van der Waals surface area contributed by atoms with Gasteiger partial charge in [0.1, 0.15) is 0 Å². The van der Waals surface area contributed by atoms with Crippen molar-refractivity contribution >= 4 is 0 Å². The smallest absolute Gasteiger partial charge is 0.0285 e. The van der Waals surface area contributed by atoms with Gasteiger partial charge in [0.05, 0.1) is 0 Å². The van der Waals surface area contributed by atoms with Gasteiger partial charge in [0.15, 0.2) is 0 Å². The van der Waals surface area contributed by atoms with Crippen LogP contribution in [0.3, 0.4) is 0 Å². The molecule has 0 bridgehead atoms. The largest absolute Gasteiger partial charge is 0.0874 e. The minimum atomic E-state index is 1.22. The Morgan fingerprint density at radius 1 is 1.18 bits per heavy atom. The van der Waals surface area contributed by atoms with Crippen molar-refractivity contribution in [2.45, 2.75) is 46.5 Å².